The topological polar surface area (TPSA) is 54.7 Å². The standard InChI is InChI=1S/C17H16ClN3/c1-10-4-3-5-12(8-10)15-16(20-21-17(15)19)13-6-7-14(18)11(2)9-13/h3-9H,1-2H3,(H3,19,20,21). The highest BCUT2D eigenvalue weighted by molar-refractivity contribution is 6.31. The van der Waals surface area contributed by atoms with Crippen LogP contribution >= 0.6 is 11.6 Å². The van der Waals surface area contributed by atoms with Gasteiger partial charge in [0.15, 0.2) is 5.82 Å². The van der Waals surface area contributed by atoms with Gasteiger partial charge >= 0.3 is 0 Å². The van der Waals surface area contributed by atoms with Gasteiger partial charge in [-0.2, -0.15) is 5.10 Å². The van der Waals surface area contributed by atoms with Crippen molar-refractivity contribution >= 4 is 17.4 Å². The molecule has 3 N–H and O–H groups in total. The van der Waals surface area contributed by atoms with Gasteiger partial charge in [0, 0.05) is 10.6 Å². The molecule has 0 saturated heterocycles. The maximum absolute atomic E-state index is 6.10. The van der Waals surface area contributed by atoms with Gasteiger partial charge in [0.1, 0.15) is 0 Å². The van der Waals surface area contributed by atoms with Crippen molar-refractivity contribution in [2.45, 2.75) is 13.8 Å². The van der Waals surface area contributed by atoms with Crippen LogP contribution in [-0.4, -0.2) is 10.2 Å². The molecule has 0 bridgehead atoms. The first kappa shape index (κ1) is 13.7. The number of nitrogens with zero attached hydrogens (tertiary/aromatic N) is 1. The van der Waals surface area contributed by atoms with Crippen LogP contribution in [0.1, 0.15) is 11.1 Å². The molecule has 0 radical (unpaired) electrons. The Balaban J connectivity index is 2.19. The Bertz CT molecular complexity index is 806. The SMILES string of the molecule is Cc1cccc(-c2c(N)n[nH]c2-c2ccc(Cl)c(C)c2)c1. The molecule has 0 fully saturated rings. The normalized spacial score (nSPS) is 10.8. The number of halogens is 1. The zero-order valence-electron chi connectivity index (χ0n) is 11.9. The lowest BCUT2D eigenvalue weighted by molar-refractivity contribution is 1.10. The van der Waals surface area contributed by atoms with Crippen LogP contribution in [0.25, 0.3) is 22.4 Å². The van der Waals surface area contributed by atoms with Crippen LogP contribution in [0.15, 0.2) is 42.5 Å². The smallest absolute Gasteiger partial charge is 0.153 e. The molecule has 0 aliphatic heterocycles. The first-order chi connectivity index (χ1) is 10.1. The third kappa shape index (κ3) is 2.52. The Morgan fingerprint density at radius 3 is 2.57 bits per heavy atom. The van der Waals surface area contributed by atoms with Crippen molar-refractivity contribution in [2.24, 2.45) is 0 Å². The van der Waals surface area contributed by atoms with E-state index in [1.54, 1.807) is 0 Å². The minimum Gasteiger partial charge on any atom is -0.382 e. The maximum atomic E-state index is 6.10. The molecule has 3 rings (SSSR count). The Morgan fingerprint density at radius 1 is 1.05 bits per heavy atom. The minimum atomic E-state index is 0.503. The Labute approximate surface area is 128 Å². The van der Waals surface area contributed by atoms with Crippen LogP contribution in [0.3, 0.4) is 0 Å². The molecule has 3 aromatic rings. The van der Waals surface area contributed by atoms with E-state index >= 15 is 0 Å². The van der Waals surface area contributed by atoms with E-state index in [2.05, 4.69) is 29.3 Å². The lowest BCUT2D eigenvalue weighted by Gasteiger charge is -2.07. The molecular weight excluding hydrogens is 282 g/mol. The number of aromatic nitrogens is 2. The first-order valence-corrected chi connectivity index (χ1v) is 7.11. The molecule has 0 spiro atoms. The zero-order valence-corrected chi connectivity index (χ0v) is 12.7. The fourth-order valence-electron chi connectivity index (χ4n) is 2.46. The van der Waals surface area contributed by atoms with Crippen molar-refractivity contribution in [1.29, 1.82) is 0 Å². The Morgan fingerprint density at radius 2 is 1.86 bits per heavy atom. The predicted octanol–water partition coefficient (Wildman–Crippen LogP) is 4.60. The summed E-state index contributed by atoms with van der Waals surface area (Å²) in [5.41, 5.74) is 12.2. The third-order valence-corrected chi connectivity index (χ3v) is 3.97. The van der Waals surface area contributed by atoms with Crippen LogP contribution in [0.4, 0.5) is 5.82 Å². The summed E-state index contributed by atoms with van der Waals surface area (Å²) < 4.78 is 0. The number of H-pyrrole nitrogens is 1. The van der Waals surface area contributed by atoms with E-state index in [1.165, 1.54) is 5.56 Å². The second-order valence-corrected chi connectivity index (χ2v) is 5.60. The summed E-state index contributed by atoms with van der Waals surface area (Å²) in [7, 11) is 0. The van der Waals surface area contributed by atoms with Gasteiger partial charge in [0.2, 0.25) is 0 Å². The highest BCUT2D eigenvalue weighted by atomic mass is 35.5. The van der Waals surface area contributed by atoms with Gasteiger partial charge in [0.05, 0.1) is 11.3 Å². The van der Waals surface area contributed by atoms with Crippen LogP contribution in [-0.2, 0) is 0 Å². The molecule has 1 heterocycles. The number of aromatic amines is 1. The summed E-state index contributed by atoms with van der Waals surface area (Å²) in [6.45, 7) is 4.05. The van der Waals surface area contributed by atoms with E-state index in [9.17, 15) is 0 Å². The minimum absolute atomic E-state index is 0.503. The number of rotatable bonds is 2. The molecule has 3 nitrogen and oxygen atoms in total. The van der Waals surface area contributed by atoms with E-state index < -0.39 is 0 Å². The van der Waals surface area contributed by atoms with Crippen LogP contribution in [0.5, 0.6) is 0 Å². The lowest BCUT2D eigenvalue weighted by Crippen LogP contribution is -1.89. The maximum Gasteiger partial charge on any atom is 0.153 e. The lowest BCUT2D eigenvalue weighted by atomic mass is 9.98. The average molecular weight is 298 g/mol. The molecule has 2 aromatic carbocycles. The molecule has 0 amide bonds. The number of nitrogens with two attached hydrogens (primary N) is 1. The average Bonchev–Trinajstić information content (AvgIpc) is 2.84. The molecule has 0 saturated carbocycles. The van der Waals surface area contributed by atoms with Gasteiger partial charge in [-0.1, -0.05) is 47.5 Å². The summed E-state index contributed by atoms with van der Waals surface area (Å²) >= 11 is 6.10. The molecule has 4 heteroatoms. The molecule has 0 atom stereocenters. The van der Waals surface area contributed by atoms with E-state index in [0.29, 0.717) is 5.82 Å². The highest BCUT2D eigenvalue weighted by Crippen LogP contribution is 2.36. The van der Waals surface area contributed by atoms with Crippen molar-refractivity contribution in [3.8, 4) is 22.4 Å². The van der Waals surface area contributed by atoms with Crippen LogP contribution in [0, 0.1) is 13.8 Å². The Hall–Kier alpha value is -2.26. The third-order valence-electron chi connectivity index (χ3n) is 3.55. The summed E-state index contributed by atoms with van der Waals surface area (Å²) in [6, 6.07) is 14.1. The Kier molecular flexibility index (Phi) is 3.43. The van der Waals surface area contributed by atoms with Crippen molar-refractivity contribution in [3.05, 3.63) is 58.6 Å². The number of hydrogen-bond acceptors (Lipinski definition) is 2. The number of nitrogen functional groups attached to an aromatic ring is 1. The quantitative estimate of drug-likeness (QED) is 0.726. The van der Waals surface area contributed by atoms with Gasteiger partial charge in [-0.15, -0.1) is 0 Å². The van der Waals surface area contributed by atoms with Gasteiger partial charge in [-0.25, -0.2) is 0 Å². The summed E-state index contributed by atoms with van der Waals surface area (Å²) in [5, 5.41) is 7.96. The van der Waals surface area contributed by atoms with E-state index in [-0.39, 0.29) is 0 Å². The van der Waals surface area contributed by atoms with Crippen molar-refractivity contribution in [3.63, 3.8) is 0 Å². The van der Waals surface area contributed by atoms with Gasteiger partial charge < -0.3 is 5.73 Å². The summed E-state index contributed by atoms with van der Waals surface area (Å²) in [6.07, 6.45) is 0. The number of nitrogens with one attached hydrogen (secondary N) is 1. The molecule has 0 unspecified atom stereocenters. The first-order valence-electron chi connectivity index (χ1n) is 6.73. The van der Waals surface area contributed by atoms with Crippen molar-refractivity contribution < 1.29 is 0 Å². The van der Waals surface area contributed by atoms with Gasteiger partial charge in [0.25, 0.3) is 0 Å². The molecule has 1 aromatic heterocycles. The fraction of sp³-hybridized carbons (Fsp3) is 0.118. The van der Waals surface area contributed by atoms with Gasteiger partial charge in [-0.05, 0) is 37.1 Å². The van der Waals surface area contributed by atoms with Crippen LogP contribution < -0.4 is 5.73 Å². The zero-order chi connectivity index (χ0) is 15.0. The molecule has 0 aliphatic carbocycles. The highest BCUT2D eigenvalue weighted by Gasteiger charge is 2.15. The molecule has 106 valence electrons. The van der Waals surface area contributed by atoms with Gasteiger partial charge in [-0.3, -0.25) is 5.10 Å². The second-order valence-electron chi connectivity index (χ2n) is 5.19. The largest absolute Gasteiger partial charge is 0.382 e. The van der Waals surface area contributed by atoms with Crippen LogP contribution in [0.2, 0.25) is 5.02 Å². The number of aryl methyl sites for hydroxylation is 2. The van der Waals surface area contributed by atoms with E-state index in [1.807, 2.05) is 37.3 Å². The molecule has 0 aliphatic rings. The second kappa shape index (κ2) is 5.26. The number of hydrogen-bond donors (Lipinski definition) is 2. The van der Waals surface area contributed by atoms with E-state index in [4.69, 9.17) is 17.3 Å². The molecule has 21 heavy (non-hydrogen) atoms. The number of anilines is 1. The predicted molar refractivity (Wildman–Crippen MR) is 88.4 cm³/mol. The number of benzene rings is 2. The summed E-state index contributed by atoms with van der Waals surface area (Å²) in [5.74, 6) is 0.503. The van der Waals surface area contributed by atoms with E-state index in [0.717, 1.165) is 33.0 Å². The monoisotopic (exact) mass is 297 g/mol. The van der Waals surface area contributed by atoms with Crippen molar-refractivity contribution in [1.82, 2.24) is 10.2 Å². The fourth-order valence-corrected chi connectivity index (χ4v) is 2.58. The molecular formula is C17H16ClN3. The summed E-state index contributed by atoms with van der Waals surface area (Å²) in [4.78, 5) is 0. The van der Waals surface area contributed by atoms with Crippen molar-refractivity contribution in [2.75, 3.05) is 5.73 Å².